The monoisotopic (exact) mass is 406 g/mol. The molecule has 1 spiro atoms. The maximum atomic E-state index is 13.8. The standard InChI is InChI=1S/C22H34N2O5/c1-3-16(4-2)20(27)24-19(18-8-7-13-29-18)17(15-26)14-22(24)9-5-6-10-23(11-12-25)21(22)28/h7-8,13,16-17,19,25-26H,3-6,9-12,14-15H2,1-2H3/t17-,19-,22+/m1/s1. The molecule has 0 aromatic carbocycles. The highest BCUT2D eigenvalue weighted by molar-refractivity contribution is 5.93. The average molecular weight is 407 g/mol. The third-order valence-corrected chi connectivity index (χ3v) is 6.75. The molecule has 3 rings (SSSR count). The van der Waals surface area contributed by atoms with E-state index in [1.165, 1.54) is 0 Å². The van der Waals surface area contributed by atoms with Crippen LogP contribution in [0, 0.1) is 11.8 Å². The van der Waals surface area contributed by atoms with Gasteiger partial charge in [0.2, 0.25) is 11.8 Å². The van der Waals surface area contributed by atoms with Crippen molar-refractivity contribution in [2.45, 2.75) is 64.0 Å². The van der Waals surface area contributed by atoms with Crippen LogP contribution in [0.5, 0.6) is 0 Å². The molecule has 2 fully saturated rings. The fraction of sp³-hybridized carbons (Fsp3) is 0.727. The topological polar surface area (TPSA) is 94.2 Å². The molecule has 7 nitrogen and oxygen atoms in total. The van der Waals surface area contributed by atoms with E-state index in [0.717, 1.165) is 12.8 Å². The molecule has 29 heavy (non-hydrogen) atoms. The second-order valence-corrected chi connectivity index (χ2v) is 8.33. The first-order valence-corrected chi connectivity index (χ1v) is 10.9. The van der Waals surface area contributed by atoms with Crippen molar-refractivity contribution >= 4 is 11.8 Å². The van der Waals surface area contributed by atoms with E-state index in [2.05, 4.69) is 0 Å². The molecule has 0 bridgehead atoms. The summed E-state index contributed by atoms with van der Waals surface area (Å²) in [5, 5.41) is 19.7. The van der Waals surface area contributed by atoms with Crippen LogP contribution in [-0.2, 0) is 9.59 Å². The highest BCUT2D eigenvalue weighted by atomic mass is 16.3. The predicted molar refractivity (Wildman–Crippen MR) is 108 cm³/mol. The fourth-order valence-electron chi connectivity index (χ4n) is 5.26. The van der Waals surface area contributed by atoms with Gasteiger partial charge < -0.3 is 24.4 Å². The van der Waals surface area contributed by atoms with Crippen molar-refractivity contribution in [1.82, 2.24) is 9.80 Å². The molecule has 2 aliphatic heterocycles. The lowest BCUT2D eigenvalue weighted by Crippen LogP contribution is -2.59. The van der Waals surface area contributed by atoms with Gasteiger partial charge in [-0.3, -0.25) is 9.59 Å². The Kier molecular flexibility index (Phi) is 7.01. The number of likely N-dealkylation sites (tertiary alicyclic amines) is 2. The van der Waals surface area contributed by atoms with Gasteiger partial charge in [0.1, 0.15) is 11.3 Å². The summed E-state index contributed by atoms with van der Waals surface area (Å²) in [6.45, 7) is 4.62. The molecule has 2 amide bonds. The average Bonchev–Trinajstić information content (AvgIpc) is 3.33. The molecule has 1 aromatic heterocycles. The highest BCUT2D eigenvalue weighted by Gasteiger charge is 2.60. The SMILES string of the molecule is CCC(CC)C(=O)N1[C@@H](c2ccco2)[C@@H](CO)C[C@]12CCCCN(CCO)C2=O. The lowest BCUT2D eigenvalue weighted by molar-refractivity contribution is -0.156. The van der Waals surface area contributed by atoms with Crippen molar-refractivity contribution in [2.75, 3.05) is 26.3 Å². The number of furan rings is 1. The number of hydrogen-bond acceptors (Lipinski definition) is 5. The van der Waals surface area contributed by atoms with Crippen molar-refractivity contribution in [3.05, 3.63) is 24.2 Å². The zero-order valence-corrected chi connectivity index (χ0v) is 17.5. The number of rotatable bonds is 7. The first kappa shape index (κ1) is 21.8. The minimum absolute atomic E-state index is 0.0356. The zero-order chi connectivity index (χ0) is 21.0. The summed E-state index contributed by atoms with van der Waals surface area (Å²) < 4.78 is 5.68. The summed E-state index contributed by atoms with van der Waals surface area (Å²) >= 11 is 0. The Balaban J connectivity index is 2.12. The third kappa shape index (κ3) is 3.82. The quantitative estimate of drug-likeness (QED) is 0.725. The third-order valence-electron chi connectivity index (χ3n) is 6.75. The number of aliphatic hydroxyl groups is 2. The maximum absolute atomic E-state index is 13.8. The first-order valence-electron chi connectivity index (χ1n) is 10.9. The van der Waals surface area contributed by atoms with Crippen LogP contribution in [0.15, 0.2) is 22.8 Å². The molecule has 7 heteroatoms. The predicted octanol–water partition coefficient (Wildman–Crippen LogP) is 2.34. The summed E-state index contributed by atoms with van der Waals surface area (Å²) in [5.74, 6) is 0.0370. The summed E-state index contributed by atoms with van der Waals surface area (Å²) in [6, 6.07) is 3.15. The molecule has 1 aromatic rings. The van der Waals surface area contributed by atoms with E-state index in [4.69, 9.17) is 4.42 Å². The Labute approximate surface area is 172 Å². The van der Waals surface area contributed by atoms with Gasteiger partial charge in [-0.15, -0.1) is 0 Å². The van der Waals surface area contributed by atoms with Crippen LogP contribution >= 0.6 is 0 Å². The molecule has 3 atom stereocenters. The Morgan fingerprint density at radius 1 is 1.31 bits per heavy atom. The number of carbonyl (C=O) groups is 2. The van der Waals surface area contributed by atoms with Crippen LogP contribution in [0.4, 0.5) is 0 Å². The lowest BCUT2D eigenvalue weighted by Gasteiger charge is -2.42. The van der Waals surface area contributed by atoms with E-state index in [1.54, 1.807) is 22.1 Å². The molecule has 0 aliphatic carbocycles. The molecule has 162 valence electrons. The van der Waals surface area contributed by atoms with E-state index < -0.39 is 11.6 Å². The van der Waals surface area contributed by atoms with Gasteiger partial charge in [0.25, 0.3) is 0 Å². The molecule has 0 saturated carbocycles. The summed E-state index contributed by atoms with van der Waals surface area (Å²) in [4.78, 5) is 31.0. The molecule has 0 unspecified atom stereocenters. The van der Waals surface area contributed by atoms with Crippen molar-refractivity contribution in [1.29, 1.82) is 0 Å². The van der Waals surface area contributed by atoms with Gasteiger partial charge >= 0.3 is 0 Å². The Morgan fingerprint density at radius 3 is 2.66 bits per heavy atom. The largest absolute Gasteiger partial charge is 0.467 e. The molecule has 2 saturated heterocycles. The number of β-amino-alcohol motifs (C(OH)–C–C–N with tert-alkyl or cyclic N) is 1. The van der Waals surface area contributed by atoms with Crippen LogP contribution in [0.25, 0.3) is 0 Å². The van der Waals surface area contributed by atoms with Gasteiger partial charge in [-0.25, -0.2) is 0 Å². The van der Waals surface area contributed by atoms with Gasteiger partial charge in [-0.05, 0) is 50.7 Å². The van der Waals surface area contributed by atoms with Gasteiger partial charge in [0, 0.05) is 31.5 Å². The van der Waals surface area contributed by atoms with E-state index in [0.29, 0.717) is 38.0 Å². The number of amides is 2. The molecule has 0 radical (unpaired) electrons. The molecule has 3 heterocycles. The fourth-order valence-corrected chi connectivity index (χ4v) is 5.26. The van der Waals surface area contributed by atoms with Gasteiger partial charge in [0.15, 0.2) is 0 Å². The first-order chi connectivity index (χ1) is 14.0. The second-order valence-electron chi connectivity index (χ2n) is 8.33. The van der Waals surface area contributed by atoms with E-state index in [9.17, 15) is 19.8 Å². The molecule has 2 N–H and O–H groups in total. The van der Waals surface area contributed by atoms with Crippen LogP contribution in [0.3, 0.4) is 0 Å². The summed E-state index contributed by atoms with van der Waals surface area (Å²) in [6.07, 6.45) is 5.63. The highest BCUT2D eigenvalue weighted by Crippen LogP contribution is 2.51. The normalized spacial score (nSPS) is 27.8. The number of hydrogen-bond donors (Lipinski definition) is 2. The smallest absolute Gasteiger partial charge is 0.248 e. The van der Waals surface area contributed by atoms with Gasteiger partial charge in [0.05, 0.1) is 18.9 Å². The van der Waals surface area contributed by atoms with Crippen LogP contribution in [0.1, 0.15) is 64.2 Å². The summed E-state index contributed by atoms with van der Waals surface area (Å²) in [5.41, 5.74) is -0.990. The summed E-state index contributed by atoms with van der Waals surface area (Å²) in [7, 11) is 0. The van der Waals surface area contributed by atoms with Crippen molar-refractivity contribution < 1.29 is 24.2 Å². The molecule has 2 aliphatic rings. The number of carbonyl (C=O) groups excluding carboxylic acids is 2. The maximum Gasteiger partial charge on any atom is 0.248 e. The Bertz CT molecular complexity index is 687. The lowest BCUT2D eigenvalue weighted by atomic mass is 9.85. The van der Waals surface area contributed by atoms with Gasteiger partial charge in [-0.2, -0.15) is 0 Å². The van der Waals surface area contributed by atoms with Crippen LogP contribution < -0.4 is 0 Å². The second kappa shape index (κ2) is 9.30. The van der Waals surface area contributed by atoms with E-state index in [1.807, 2.05) is 19.9 Å². The minimum Gasteiger partial charge on any atom is -0.467 e. The molecular weight excluding hydrogens is 372 g/mol. The number of aliphatic hydroxyl groups excluding tert-OH is 2. The minimum atomic E-state index is -0.990. The Morgan fingerprint density at radius 2 is 2.07 bits per heavy atom. The number of nitrogens with zero attached hydrogens (tertiary/aromatic N) is 2. The van der Waals surface area contributed by atoms with Crippen molar-refractivity contribution in [2.24, 2.45) is 11.8 Å². The Hall–Kier alpha value is -1.86. The van der Waals surface area contributed by atoms with Crippen LogP contribution in [-0.4, -0.2) is 63.7 Å². The van der Waals surface area contributed by atoms with E-state index >= 15 is 0 Å². The van der Waals surface area contributed by atoms with Crippen molar-refractivity contribution in [3.8, 4) is 0 Å². The van der Waals surface area contributed by atoms with Crippen LogP contribution in [0.2, 0.25) is 0 Å². The zero-order valence-electron chi connectivity index (χ0n) is 17.5. The van der Waals surface area contributed by atoms with Gasteiger partial charge in [-0.1, -0.05) is 13.8 Å². The van der Waals surface area contributed by atoms with Crippen molar-refractivity contribution in [3.63, 3.8) is 0 Å². The molecular formula is C22H34N2O5. The van der Waals surface area contributed by atoms with E-state index in [-0.39, 0.29) is 43.4 Å².